The van der Waals surface area contributed by atoms with Crippen LogP contribution >= 0.6 is 0 Å². The highest BCUT2D eigenvalue weighted by molar-refractivity contribution is 4.57. The fourth-order valence-electron chi connectivity index (χ4n) is 12.1. The molecule has 0 bridgehead atoms. The fraction of sp³-hybridized carbons (Fsp3) is 1.00. The Hall–Kier alpha value is -0.0400. The van der Waals surface area contributed by atoms with E-state index in [1.54, 1.807) is 0 Å². The summed E-state index contributed by atoms with van der Waals surface area (Å²) in [5, 5.41) is 3.74. The molecular weight excluding hydrogens is 879 g/mol. The van der Waals surface area contributed by atoms with Crippen molar-refractivity contribution in [2.45, 2.75) is 450 Å². The zero-order valence-electron chi connectivity index (χ0n) is 52.0. The van der Waals surface area contributed by atoms with Crippen LogP contribution in [0.3, 0.4) is 0 Å². The lowest BCUT2D eigenvalue weighted by Crippen LogP contribution is -2.16. The van der Waals surface area contributed by atoms with Crippen LogP contribution in [0.4, 0.5) is 0 Å². The first kappa shape index (κ1) is 73.0. The highest BCUT2D eigenvalue weighted by atomic mass is 14.8. The van der Waals surface area contributed by atoms with Crippen LogP contribution in [0.5, 0.6) is 0 Å². The van der Waals surface area contributed by atoms with Crippen LogP contribution in [-0.4, -0.2) is 13.1 Å². The summed E-state index contributed by atoms with van der Waals surface area (Å²) in [5.41, 5.74) is 0. The monoisotopic (exact) mass is 1030 g/mol. The third kappa shape index (κ3) is 72.0. The Kier molecular flexibility index (Phi) is 71.9. The van der Waals surface area contributed by atoms with Crippen molar-refractivity contribution >= 4 is 0 Å². The summed E-state index contributed by atoms with van der Waals surface area (Å²) < 4.78 is 0. The molecule has 0 spiro atoms. The van der Waals surface area contributed by atoms with E-state index < -0.39 is 0 Å². The molecule has 0 heterocycles. The maximum atomic E-state index is 3.74. The van der Waals surface area contributed by atoms with Gasteiger partial charge in [-0.1, -0.05) is 438 Å². The zero-order valence-corrected chi connectivity index (χ0v) is 52.0. The van der Waals surface area contributed by atoms with Gasteiger partial charge >= 0.3 is 0 Å². The average Bonchev–Trinajstić information content (AvgIpc) is 3.40. The molecule has 0 unspecified atom stereocenters. The molecular formula is C72H147N. The van der Waals surface area contributed by atoms with Crippen LogP contribution in [0, 0.1) is 0 Å². The van der Waals surface area contributed by atoms with Gasteiger partial charge in [-0.2, -0.15) is 0 Å². The summed E-state index contributed by atoms with van der Waals surface area (Å²) in [6.07, 6.45) is 101. The van der Waals surface area contributed by atoms with Crippen LogP contribution in [0.1, 0.15) is 450 Å². The Morgan fingerprint density at radius 3 is 0.288 bits per heavy atom. The van der Waals surface area contributed by atoms with Gasteiger partial charge in [0, 0.05) is 0 Å². The zero-order chi connectivity index (χ0) is 52.2. The van der Waals surface area contributed by atoms with Gasteiger partial charge in [-0.15, -0.1) is 0 Å². The van der Waals surface area contributed by atoms with Crippen LogP contribution in [0.15, 0.2) is 0 Å². The first-order valence-electron chi connectivity index (χ1n) is 36.1. The third-order valence-corrected chi connectivity index (χ3v) is 17.4. The highest BCUT2D eigenvalue weighted by Gasteiger charge is 2.01. The van der Waals surface area contributed by atoms with E-state index in [4.69, 9.17) is 0 Å². The van der Waals surface area contributed by atoms with Crippen molar-refractivity contribution in [3.63, 3.8) is 0 Å². The van der Waals surface area contributed by atoms with Crippen LogP contribution < -0.4 is 5.32 Å². The third-order valence-electron chi connectivity index (χ3n) is 17.4. The van der Waals surface area contributed by atoms with Crippen molar-refractivity contribution in [2.24, 2.45) is 0 Å². The van der Waals surface area contributed by atoms with Crippen LogP contribution in [-0.2, 0) is 0 Å². The normalized spacial score (nSPS) is 11.8. The Morgan fingerprint density at radius 2 is 0.192 bits per heavy atom. The van der Waals surface area contributed by atoms with Gasteiger partial charge in [0.15, 0.2) is 0 Å². The summed E-state index contributed by atoms with van der Waals surface area (Å²) >= 11 is 0. The van der Waals surface area contributed by atoms with E-state index in [0.29, 0.717) is 0 Å². The molecule has 440 valence electrons. The Labute approximate surface area is 466 Å². The van der Waals surface area contributed by atoms with Gasteiger partial charge in [0.05, 0.1) is 0 Å². The molecule has 0 aliphatic heterocycles. The second kappa shape index (κ2) is 72.0. The van der Waals surface area contributed by atoms with E-state index in [1.807, 2.05) is 0 Å². The van der Waals surface area contributed by atoms with Crippen molar-refractivity contribution < 1.29 is 0 Å². The van der Waals surface area contributed by atoms with Crippen molar-refractivity contribution in [1.29, 1.82) is 0 Å². The van der Waals surface area contributed by atoms with Crippen molar-refractivity contribution in [3.8, 4) is 0 Å². The van der Waals surface area contributed by atoms with E-state index in [-0.39, 0.29) is 0 Å². The van der Waals surface area contributed by atoms with Gasteiger partial charge < -0.3 is 5.32 Å². The SMILES string of the molecule is CCCCCCCCCCCCCCCCCCCCCCCCCCCCCCCCCCCCNCCCCCCCCCCCCCCCCCCCCCCCCCCCCCCCCCCCC. The second-order valence-corrected chi connectivity index (χ2v) is 25.1. The van der Waals surface area contributed by atoms with E-state index in [9.17, 15) is 0 Å². The minimum Gasteiger partial charge on any atom is -0.317 e. The van der Waals surface area contributed by atoms with Gasteiger partial charge in [0.1, 0.15) is 0 Å². The number of hydrogen-bond donors (Lipinski definition) is 1. The number of unbranched alkanes of at least 4 members (excludes halogenated alkanes) is 66. The van der Waals surface area contributed by atoms with E-state index >= 15 is 0 Å². The minimum atomic E-state index is 1.25. The summed E-state index contributed by atoms with van der Waals surface area (Å²) in [5.74, 6) is 0. The molecule has 1 N–H and O–H groups in total. The average molecular weight is 1030 g/mol. The lowest BCUT2D eigenvalue weighted by molar-refractivity contribution is 0.508. The maximum absolute atomic E-state index is 3.74. The quantitative estimate of drug-likeness (QED) is 0.0599. The summed E-state index contributed by atoms with van der Waals surface area (Å²) in [6.45, 7) is 7.13. The summed E-state index contributed by atoms with van der Waals surface area (Å²) in [7, 11) is 0. The molecule has 0 aromatic carbocycles. The fourth-order valence-corrected chi connectivity index (χ4v) is 12.1. The Balaban J connectivity index is 3.07. The molecule has 1 nitrogen and oxygen atoms in total. The molecule has 0 aromatic rings. The minimum absolute atomic E-state index is 1.25. The molecule has 0 amide bonds. The smallest absolute Gasteiger partial charge is 0.00489 e. The molecule has 0 aromatic heterocycles. The van der Waals surface area contributed by atoms with Gasteiger partial charge in [-0.3, -0.25) is 0 Å². The van der Waals surface area contributed by atoms with E-state index in [2.05, 4.69) is 19.2 Å². The first-order chi connectivity index (χ1) is 36.4. The molecule has 0 aliphatic carbocycles. The molecule has 0 aliphatic rings. The van der Waals surface area contributed by atoms with E-state index in [0.717, 1.165) is 0 Å². The lowest BCUT2D eigenvalue weighted by Gasteiger charge is -2.06. The van der Waals surface area contributed by atoms with Gasteiger partial charge in [0.25, 0.3) is 0 Å². The molecule has 1 heteroatoms. The summed E-state index contributed by atoms with van der Waals surface area (Å²) in [6, 6.07) is 0. The molecule has 0 atom stereocenters. The standard InChI is InChI=1S/C72H147N/c1-3-5-7-9-11-13-15-17-19-21-23-25-27-29-31-33-35-37-39-41-43-45-47-49-51-53-55-57-59-61-63-65-67-69-71-73-72-70-68-66-64-62-60-58-56-54-52-50-48-46-44-42-40-38-36-34-32-30-28-26-24-22-20-18-16-14-12-10-8-6-4-2/h73H,3-72H2,1-2H3. The Bertz CT molecular complexity index is 811. The van der Waals surface area contributed by atoms with E-state index in [1.165, 1.54) is 450 Å². The van der Waals surface area contributed by atoms with Gasteiger partial charge in [0.2, 0.25) is 0 Å². The van der Waals surface area contributed by atoms with Crippen LogP contribution in [0.25, 0.3) is 0 Å². The summed E-state index contributed by atoms with van der Waals surface area (Å²) in [4.78, 5) is 0. The number of nitrogens with one attached hydrogen (secondary N) is 1. The molecule has 0 saturated carbocycles. The van der Waals surface area contributed by atoms with Gasteiger partial charge in [-0.25, -0.2) is 0 Å². The highest BCUT2D eigenvalue weighted by Crippen LogP contribution is 2.20. The van der Waals surface area contributed by atoms with Gasteiger partial charge in [-0.05, 0) is 25.9 Å². The molecule has 73 heavy (non-hydrogen) atoms. The predicted octanol–water partition coefficient (Wildman–Crippen LogP) is 27.1. The topological polar surface area (TPSA) is 12.0 Å². The molecule has 0 rings (SSSR count). The molecule has 0 fully saturated rings. The lowest BCUT2D eigenvalue weighted by atomic mass is 10.0. The Morgan fingerprint density at radius 1 is 0.110 bits per heavy atom. The molecule has 0 radical (unpaired) electrons. The number of hydrogen-bond acceptors (Lipinski definition) is 1. The molecule has 0 saturated heterocycles. The number of rotatable bonds is 70. The second-order valence-electron chi connectivity index (χ2n) is 25.1. The first-order valence-corrected chi connectivity index (χ1v) is 36.1. The largest absolute Gasteiger partial charge is 0.317 e. The van der Waals surface area contributed by atoms with Crippen LogP contribution in [0.2, 0.25) is 0 Å². The van der Waals surface area contributed by atoms with Crippen molar-refractivity contribution in [3.05, 3.63) is 0 Å². The maximum Gasteiger partial charge on any atom is -0.00489 e. The predicted molar refractivity (Wildman–Crippen MR) is 338 cm³/mol. The van der Waals surface area contributed by atoms with Crippen molar-refractivity contribution in [2.75, 3.05) is 13.1 Å². The van der Waals surface area contributed by atoms with Crippen molar-refractivity contribution in [1.82, 2.24) is 5.32 Å².